The van der Waals surface area contributed by atoms with Gasteiger partial charge in [-0.05, 0) is 30.9 Å². The first-order chi connectivity index (χ1) is 9.39. The monoisotopic (exact) mass is 298 g/mol. The van der Waals surface area contributed by atoms with E-state index < -0.39 is 9.84 Å². The molecular weight excluding hydrogens is 276 g/mol. The maximum Gasteiger partial charge on any atom is 0.177 e. The maximum atomic E-state index is 11.7. The summed E-state index contributed by atoms with van der Waals surface area (Å²) in [7, 11) is -1.36. The van der Waals surface area contributed by atoms with Crippen molar-refractivity contribution in [2.45, 2.75) is 17.7 Å². The molecule has 0 radical (unpaired) electrons. The Labute approximate surface area is 120 Å². The second-order valence-electron chi connectivity index (χ2n) is 5.42. The molecule has 1 heterocycles. The third-order valence-corrected chi connectivity index (χ3v) is 4.80. The summed E-state index contributed by atoms with van der Waals surface area (Å²) < 4.78 is 28.9. The van der Waals surface area contributed by atoms with Crippen molar-refractivity contribution in [3.05, 3.63) is 18.2 Å². The highest BCUT2D eigenvalue weighted by Crippen LogP contribution is 2.30. The van der Waals surface area contributed by atoms with Gasteiger partial charge in [0, 0.05) is 26.5 Å². The number of hydrogen-bond acceptors (Lipinski definition) is 5. The van der Waals surface area contributed by atoms with Crippen LogP contribution in [0.1, 0.15) is 12.8 Å². The van der Waals surface area contributed by atoms with Crippen LogP contribution >= 0.6 is 0 Å². The van der Waals surface area contributed by atoms with E-state index in [-0.39, 0.29) is 4.90 Å². The van der Waals surface area contributed by atoms with Gasteiger partial charge in [-0.15, -0.1) is 0 Å². The maximum absolute atomic E-state index is 11.7. The van der Waals surface area contributed by atoms with Gasteiger partial charge in [0.25, 0.3) is 0 Å². The van der Waals surface area contributed by atoms with Crippen molar-refractivity contribution >= 4 is 21.2 Å². The molecule has 1 aliphatic rings. The highest BCUT2D eigenvalue weighted by Gasteiger charge is 2.20. The predicted octanol–water partition coefficient (Wildman–Crippen LogP) is 1.54. The zero-order chi connectivity index (χ0) is 14.8. The Kier molecular flexibility index (Phi) is 4.55. The van der Waals surface area contributed by atoms with Crippen LogP contribution in [0.15, 0.2) is 23.1 Å². The van der Waals surface area contributed by atoms with Crippen LogP contribution in [0, 0.1) is 5.92 Å². The number of rotatable bonds is 4. The van der Waals surface area contributed by atoms with Gasteiger partial charge in [0.05, 0.1) is 22.9 Å². The Morgan fingerprint density at radius 1 is 1.45 bits per heavy atom. The van der Waals surface area contributed by atoms with Gasteiger partial charge in [-0.2, -0.15) is 0 Å². The van der Waals surface area contributed by atoms with Gasteiger partial charge in [-0.1, -0.05) is 6.07 Å². The molecule has 1 saturated heterocycles. The molecule has 1 aromatic carbocycles. The van der Waals surface area contributed by atoms with Gasteiger partial charge in [0.1, 0.15) is 0 Å². The average molecular weight is 298 g/mol. The van der Waals surface area contributed by atoms with E-state index in [9.17, 15) is 8.42 Å². The standard InChI is InChI=1S/C14H22N2O3S/c1-16(9-11-5-4-8-19-10-11)12-6-3-7-13(14(12)15)20(2,17)18/h3,6-7,11H,4-5,8-10,15H2,1-2H3. The topological polar surface area (TPSA) is 72.6 Å². The molecule has 2 rings (SSSR count). The van der Waals surface area contributed by atoms with E-state index in [1.54, 1.807) is 12.1 Å². The molecule has 1 fully saturated rings. The summed E-state index contributed by atoms with van der Waals surface area (Å²) in [5.41, 5.74) is 7.11. The van der Waals surface area contributed by atoms with E-state index in [2.05, 4.69) is 0 Å². The number of nitrogen functional groups attached to an aromatic ring is 1. The van der Waals surface area contributed by atoms with Crippen LogP contribution in [-0.4, -0.2) is 41.5 Å². The fourth-order valence-electron chi connectivity index (χ4n) is 2.63. The number of hydrogen-bond donors (Lipinski definition) is 1. The van der Waals surface area contributed by atoms with Crippen molar-refractivity contribution < 1.29 is 13.2 Å². The molecule has 1 atom stereocenters. The average Bonchev–Trinajstić information content (AvgIpc) is 2.38. The van der Waals surface area contributed by atoms with Crippen molar-refractivity contribution in [2.75, 3.05) is 43.7 Å². The van der Waals surface area contributed by atoms with Gasteiger partial charge < -0.3 is 15.4 Å². The smallest absolute Gasteiger partial charge is 0.177 e. The van der Waals surface area contributed by atoms with Crippen molar-refractivity contribution in [3.63, 3.8) is 0 Å². The molecule has 20 heavy (non-hydrogen) atoms. The van der Waals surface area contributed by atoms with Gasteiger partial charge >= 0.3 is 0 Å². The lowest BCUT2D eigenvalue weighted by atomic mass is 10.0. The molecule has 1 aromatic rings. The van der Waals surface area contributed by atoms with Crippen LogP contribution in [0.25, 0.3) is 0 Å². The van der Waals surface area contributed by atoms with Crippen molar-refractivity contribution in [3.8, 4) is 0 Å². The molecule has 1 unspecified atom stereocenters. The summed E-state index contributed by atoms with van der Waals surface area (Å²) >= 11 is 0. The van der Waals surface area contributed by atoms with Crippen molar-refractivity contribution in [1.82, 2.24) is 0 Å². The summed E-state index contributed by atoms with van der Waals surface area (Å²) in [6.07, 6.45) is 3.39. The summed E-state index contributed by atoms with van der Waals surface area (Å²) in [4.78, 5) is 2.21. The van der Waals surface area contributed by atoms with E-state index in [4.69, 9.17) is 10.5 Å². The molecular formula is C14H22N2O3S. The summed E-state index contributed by atoms with van der Waals surface area (Å²) in [6, 6.07) is 5.13. The molecule has 6 heteroatoms. The molecule has 0 saturated carbocycles. The highest BCUT2D eigenvalue weighted by atomic mass is 32.2. The summed E-state index contributed by atoms with van der Waals surface area (Å²) in [5, 5.41) is 0. The minimum Gasteiger partial charge on any atom is -0.396 e. The Balaban J connectivity index is 2.19. The fraction of sp³-hybridized carbons (Fsp3) is 0.571. The molecule has 5 nitrogen and oxygen atoms in total. The number of sulfone groups is 1. The molecule has 112 valence electrons. The van der Waals surface area contributed by atoms with Gasteiger partial charge in [-0.3, -0.25) is 0 Å². The minimum absolute atomic E-state index is 0.196. The predicted molar refractivity (Wildman–Crippen MR) is 80.8 cm³/mol. The lowest BCUT2D eigenvalue weighted by molar-refractivity contribution is 0.0576. The number of para-hydroxylation sites is 1. The summed E-state index contributed by atoms with van der Waals surface area (Å²) in [5.74, 6) is 0.468. The van der Waals surface area contributed by atoms with Crippen LogP contribution in [-0.2, 0) is 14.6 Å². The van der Waals surface area contributed by atoms with E-state index in [1.807, 2.05) is 18.0 Å². The van der Waals surface area contributed by atoms with Gasteiger partial charge in [0.2, 0.25) is 0 Å². The lowest BCUT2D eigenvalue weighted by Gasteiger charge is -2.29. The van der Waals surface area contributed by atoms with Crippen LogP contribution in [0.5, 0.6) is 0 Å². The first kappa shape index (κ1) is 15.1. The molecule has 0 aromatic heterocycles. The third kappa shape index (κ3) is 3.43. The zero-order valence-electron chi connectivity index (χ0n) is 12.0. The van der Waals surface area contributed by atoms with E-state index in [0.717, 1.165) is 38.3 Å². The van der Waals surface area contributed by atoms with Crippen LogP contribution in [0.2, 0.25) is 0 Å². The first-order valence-corrected chi connectivity index (χ1v) is 8.66. The Morgan fingerprint density at radius 2 is 2.20 bits per heavy atom. The Bertz CT molecular complexity index is 566. The number of benzene rings is 1. The third-order valence-electron chi connectivity index (χ3n) is 3.64. The molecule has 0 amide bonds. The molecule has 1 aliphatic heterocycles. The first-order valence-electron chi connectivity index (χ1n) is 6.77. The van der Waals surface area contributed by atoms with Gasteiger partial charge in [0.15, 0.2) is 9.84 Å². The highest BCUT2D eigenvalue weighted by molar-refractivity contribution is 7.90. The van der Waals surface area contributed by atoms with E-state index >= 15 is 0 Å². The largest absolute Gasteiger partial charge is 0.396 e. The normalized spacial score (nSPS) is 19.8. The molecule has 0 spiro atoms. The molecule has 0 aliphatic carbocycles. The van der Waals surface area contributed by atoms with Crippen molar-refractivity contribution in [2.24, 2.45) is 5.92 Å². The number of nitrogens with two attached hydrogens (primary N) is 1. The van der Waals surface area contributed by atoms with Crippen LogP contribution in [0.3, 0.4) is 0 Å². The van der Waals surface area contributed by atoms with E-state index in [1.165, 1.54) is 6.26 Å². The second kappa shape index (κ2) is 6.01. The quantitative estimate of drug-likeness (QED) is 0.854. The fourth-order valence-corrected chi connectivity index (χ4v) is 3.46. The van der Waals surface area contributed by atoms with E-state index in [0.29, 0.717) is 11.6 Å². The van der Waals surface area contributed by atoms with Crippen LogP contribution < -0.4 is 10.6 Å². The van der Waals surface area contributed by atoms with Gasteiger partial charge in [-0.25, -0.2) is 8.42 Å². The Hall–Kier alpha value is -1.27. The second-order valence-corrected chi connectivity index (χ2v) is 7.41. The zero-order valence-corrected chi connectivity index (χ0v) is 12.8. The lowest BCUT2D eigenvalue weighted by Crippen LogP contribution is -2.31. The molecule has 2 N–H and O–H groups in total. The van der Waals surface area contributed by atoms with Crippen LogP contribution in [0.4, 0.5) is 11.4 Å². The van der Waals surface area contributed by atoms with Crippen molar-refractivity contribution in [1.29, 1.82) is 0 Å². The minimum atomic E-state index is -3.30. The number of nitrogens with zero attached hydrogens (tertiary/aromatic N) is 1. The number of ether oxygens (including phenoxy) is 1. The Morgan fingerprint density at radius 3 is 2.80 bits per heavy atom. The molecule has 0 bridgehead atoms. The summed E-state index contributed by atoms with van der Waals surface area (Å²) in [6.45, 7) is 2.42. The SMILES string of the molecule is CN(CC1CCCOC1)c1cccc(S(C)(=O)=O)c1N. The number of anilines is 2.